The summed E-state index contributed by atoms with van der Waals surface area (Å²) in [7, 11) is 1.89. The Morgan fingerprint density at radius 3 is 2.95 bits per heavy atom. The third-order valence-electron chi connectivity index (χ3n) is 3.53. The number of aryl methyl sites for hydroxylation is 2. The Balaban J connectivity index is 1.57. The molecule has 22 heavy (non-hydrogen) atoms. The Morgan fingerprint density at radius 1 is 1.27 bits per heavy atom. The van der Waals surface area contributed by atoms with Crippen LogP contribution in [0.5, 0.6) is 0 Å². The molecule has 1 amide bonds. The van der Waals surface area contributed by atoms with Crippen LogP contribution in [0, 0.1) is 6.92 Å². The van der Waals surface area contributed by atoms with Crippen molar-refractivity contribution in [1.82, 2.24) is 24.5 Å². The third kappa shape index (κ3) is 2.65. The van der Waals surface area contributed by atoms with Crippen LogP contribution in [0.25, 0.3) is 5.65 Å². The van der Waals surface area contributed by atoms with E-state index in [9.17, 15) is 4.79 Å². The highest BCUT2D eigenvalue weighted by atomic mass is 16.1. The van der Waals surface area contributed by atoms with E-state index >= 15 is 0 Å². The SMILES string of the molecule is Cc1cnccc1NCCNC(=O)c1cnn2ccn(C)c12. The maximum absolute atomic E-state index is 12.2. The molecule has 0 saturated carbocycles. The van der Waals surface area contributed by atoms with Crippen molar-refractivity contribution in [3.05, 3.63) is 48.2 Å². The molecular weight excluding hydrogens is 280 g/mol. The standard InChI is InChI=1S/C15H18N6O/c1-11-9-16-4-3-13(11)17-5-6-18-14(22)12-10-19-21-8-7-20(2)15(12)21/h3-4,7-10H,5-6H2,1-2H3,(H,16,17)(H,18,22). The van der Waals surface area contributed by atoms with Gasteiger partial charge in [0.05, 0.1) is 6.20 Å². The molecule has 3 heterocycles. The minimum atomic E-state index is -0.120. The summed E-state index contributed by atoms with van der Waals surface area (Å²) in [6, 6.07) is 1.92. The number of amides is 1. The van der Waals surface area contributed by atoms with Crippen LogP contribution >= 0.6 is 0 Å². The van der Waals surface area contributed by atoms with Crippen LogP contribution in [0.2, 0.25) is 0 Å². The van der Waals surface area contributed by atoms with Gasteiger partial charge in [0.1, 0.15) is 11.2 Å². The van der Waals surface area contributed by atoms with Crippen molar-refractivity contribution in [3.8, 4) is 0 Å². The van der Waals surface area contributed by atoms with Gasteiger partial charge >= 0.3 is 0 Å². The Kier molecular flexibility index (Phi) is 3.78. The van der Waals surface area contributed by atoms with Crippen LogP contribution in [0.3, 0.4) is 0 Å². The first kappa shape index (κ1) is 14.1. The number of imidazole rings is 1. The number of pyridine rings is 1. The summed E-state index contributed by atoms with van der Waals surface area (Å²) in [5.74, 6) is -0.120. The number of hydrogen-bond donors (Lipinski definition) is 2. The van der Waals surface area contributed by atoms with Crippen LogP contribution in [0.1, 0.15) is 15.9 Å². The second-order valence-electron chi connectivity index (χ2n) is 5.11. The third-order valence-corrected chi connectivity index (χ3v) is 3.53. The number of nitrogens with zero attached hydrogens (tertiary/aromatic N) is 4. The lowest BCUT2D eigenvalue weighted by Crippen LogP contribution is -2.29. The zero-order valence-corrected chi connectivity index (χ0v) is 12.6. The highest BCUT2D eigenvalue weighted by molar-refractivity contribution is 5.99. The van der Waals surface area contributed by atoms with Crippen molar-refractivity contribution in [1.29, 1.82) is 0 Å². The van der Waals surface area contributed by atoms with Gasteiger partial charge in [-0.1, -0.05) is 0 Å². The highest BCUT2D eigenvalue weighted by Gasteiger charge is 2.14. The zero-order valence-electron chi connectivity index (χ0n) is 12.6. The number of hydrogen-bond acceptors (Lipinski definition) is 4. The Bertz CT molecular complexity index is 803. The molecule has 0 unspecified atom stereocenters. The average molecular weight is 298 g/mol. The zero-order chi connectivity index (χ0) is 15.5. The van der Waals surface area contributed by atoms with Crippen LogP contribution < -0.4 is 10.6 Å². The molecule has 0 radical (unpaired) electrons. The predicted molar refractivity (Wildman–Crippen MR) is 84.0 cm³/mol. The van der Waals surface area contributed by atoms with Gasteiger partial charge in [0.15, 0.2) is 0 Å². The van der Waals surface area contributed by atoms with Crippen molar-refractivity contribution in [2.24, 2.45) is 7.05 Å². The van der Waals surface area contributed by atoms with Crippen LogP contribution in [-0.4, -0.2) is 38.2 Å². The van der Waals surface area contributed by atoms with E-state index in [-0.39, 0.29) is 5.91 Å². The topological polar surface area (TPSA) is 76.2 Å². The molecule has 0 fully saturated rings. The van der Waals surface area contributed by atoms with Gasteiger partial charge in [0.25, 0.3) is 5.91 Å². The fourth-order valence-corrected chi connectivity index (χ4v) is 2.35. The summed E-state index contributed by atoms with van der Waals surface area (Å²) >= 11 is 0. The molecule has 7 heteroatoms. The molecule has 0 atom stereocenters. The monoisotopic (exact) mass is 298 g/mol. The molecule has 0 aliphatic heterocycles. The van der Waals surface area contributed by atoms with Gasteiger partial charge in [-0.25, -0.2) is 4.52 Å². The van der Waals surface area contributed by atoms with Crippen molar-refractivity contribution >= 4 is 17.2 Å². The van der Waals surface area contributed by atoms with Gasteiger partial charge in [-0.05, 0) is 18.6 Å². The Hall–Kier alpha value is -2.83. The Labute approximate surface area is 128 Å². The van der Waals surface area contributed by atoms with E-state index < -0.39 is 0 Å². The molecule has 0 saturated heterocycles. The first-order chi connectivity index (χ1) is 10.7. The van der Waals surface area contributed by atoms with Crippen molar-refractivity contribution in [3.63, 3.8) is 0 Å². The Morgan fingerprint density at radius 2 is 2.14 bits per heavy atom. The number of fused-ring (bicyclic) bond motifs is 1. The van der Waals surface area contributed by atoms with Gasteiger partial charge in [-0.2, -0.15) is 5.10 Å². The summed E-state index contributed by atoms with van der Waals surface area (Å²) in [5.41, 5.74) is 3.47. The number of carbonyl (C=O) groups excluding carboxylic acids is 1. The normalized spacial score (nSPS) is 10.8. The molecule has 0 bridgehead atoms. The lowest BCUT2D eigenvalue weighted by molar-refractivity contribution is 0.0956. The molecule has 0 aliphatic rings. The van der Waals surface area contributed by atoms with Gasteiger partial charge in [0.2, 0.25) is 0 Å². The van der Waals surface area contributed by atoms with Gasteiger partial charge in [-0.3, -0.25) is 9.78 Å². The van der Waals surface area contributed by atoms with Crippen molar-refractivity contribution < 1.29 is 4.79 Å². The first-order valence-corrected chi connectivity index (χ1v) is 7.08. The number of anilines is 1. The van der Waals surface area contributed by atoms with E-state index in [1.165, 1.54) is 0 Å². The largest absolute Gasteiger partial charge is 0.383 e. The fraction of sp³-hybridized carbons (Fsp3) is 0.267. The number of aromatic nitrogens is 4. The van der Waals surface area contributed by atoms with Crippen LogP contribution in [0.4, 0.5) is 5.69 Å². The second-order valence-corrected chi connectivity index (χ2v) is 5.11. The van der Waals surface area contributed by atoms with E-state index in [0.717, 1.165) is 16.9 Å². The molecule has 3 aromatic heterocycles. The van der Waals surface area contributed by atoms with Gasteiger partial charge in [-0.15, -0.1) is 0 Å². The molecular formula is C15H18N6O. The van der Waals surface area contributed by atoms with E-state index in [0.29, 0.717) is 18.7 Å². The lowest BCUT2D eigenvalue weighted by atomic mass is 10.2. The molecule has 114 valence electrons. The maximum Gasteiger partial charge on any atom is 0.256 e. The quantitative estimate of drug-likeness (QED) is 0.694. The minimum absolute atomic E-state index is 0.120. The van der Waals surface area contributed by atoms with Crippen LogP contribution in [-0.2, 0) is 7.05 Å². The van der Waals surface area contributed by atoms with E-state index in [2.05, 4.69) is 20.7 Å². The number of nitrogens with one attached hydrogen (secondary N) is 2. The molecule has 3 rings (SSSR count). The molecule has 0 aromatic carbocycles. The summed E-state index contributed by atoms with van der Waals surface area (Å²) in [4.78, 5) is 16.3. The molecule has 2 N–H and O–H groups in total. The minimum Gasteiger partial charge on any atom is -0.383 e. The lowest BCUT2D eigenvalue weighted by Gasteiger charge is -2.09. The van der Waals surface area contributed by atoms with E-state index in [4.69, 9.17) is 0 Å². The maximum atomic E-state index is 12.2. The van der Waals surface area contributed by atoms with Crippen molar-refractivity contribution in [2.75, 3.05) is 18.4 Å². The molecule has 3 aromatic rings. The molecule has 0 spiro atoms. The summed E-state index contributed by atoms with van der Waals surface area (Å²) in [6.07, 6.45) is 8.82. The smallest absolute Gasteiger partial charge is 0.256 e. The number of rotatable bonds is 5. The highest BCUT2D eigenvalue weighted by Crippen LogP contribution is 2.11. The van der Waals surface area contributed by atoms with Gasteiger partial charge < -0.3 is 15.2 Å². The summed E-state index contributed by atoms with van der Waals surface area (Å²) in [5, 5.41) is 10.3. The summed E-state index contributed by atoms with van der Waals surface area (Å²) < 4.78 is 3.56. The van der Waals surface area contributed by atoms with Crippen molar-refractivity contribution in [2.45, 2.75) is 6.92 Å². The fourth-order valence-electron chi connectivity index (χ4n) is 2.35. The van der Waals surface area contributed by atoms with Crippen LogP contribution in [0.15, 0.2) is 37.1 Å². The molecule has 0 aliphatic carbocycles. The second kappa shape index (κ2) is 5.88. The van der Waals surface area contributed by atoms with E-state index in [1.54, 1.807) is 23.1 Å². The van der Waals surface area contributed by atoms with E-state index in [1.807, 2.05) is 37.0 Å². The average Bonchev–Trinajstić information content (AvgIpc) is 3.09. The van der Waals surface area contributed by atoms with Gasteiger partial charge in [0, 0.05) is 50.6 Å². The number of carbonyl (C=O) groups is 1. The molecule has 7 nitrogen and oxygen atoms in total. The predicted octanol–water partition coefficient (Wildman–Crippen LogP) is 1.22. The summed E-state index contributed by atoms with van der Waals surface area (Å²) in [6.45, 7) is 3.17. The first-order valence-electron chi connectivity index (χ1n) is 7.08.